The van der Waals surface area contributed by atoms with E-state index >= 15 is 0 Å². The zero-order chi connectivity index (χ0) is 39.3. The summed E-state index contributed by atoms with van der Waals surface area (Å²) in [6.45, 7) is 4.61. The third-order valence-electron chi connectivity index (χ3n) is 9.52. The van der Waals surface area contributed by atoms with Crippen LogP contribution in [0.25, 0.3) is 0 Å². The molecule has 308 valence electrons. The Hall–Kier alpha value is -2.45. The Morgan fingerprint density at radius 2 is 1.06 bits per heavy atom. The molecule has 2 atom stereocenters. The number of esters is 2. The first-order valence-corrected chi connectivity index (χ1v) is 21.5. The molecule has 0 rings (SSSR count). The number of ether oxygens (including phenoxy) is 3. The summed E-state index contributed by atoms with van der Waals surface area (Å²) in [5.41, 5.74) is 0. The normalized spacial score (nSPS) is 13.3. The van der Waals surface area contributed by atoms with Crippen molar-refractivity contribution in [1.82, 2.24) is 0 Å². The van der Waals surface area contributed by atoms with E-state index in [9.17, 15) is 19.5 Å². The second kappa shape index (κ2) is 36.5. The van der Waals surface area contributed by atoms with Crippen LogP contribution in [0, 0.1) is 0 Å². The summed E-state index contributed by atoms with van der Waals surface area (Å²) in [4.78, 5) is 36.9. The summed E-state index contributed by atoms with van der Waals surface area (Å²) >= 11 is 0. The number of quaternary nitrogens is 1. The van der Waals surface area contributed by atoms with E-state index in [1.54, 1.807) is 0 Å². The fraction of sp³-hybridized carbons (Fsp3) is 0.800. The van der Waals surface area contributed by atoms with Crippen LogP contribution in [-0.2, 0) is 28.6 Å². The number of carboxylic acid groups (broad SMARTS) is 1. The highest BCUT2D eigenvalue weighted by Gasteiger charge is 2.31. The fourth-order valence-corrected chi connectivity index (χ4v) is 6.18. The first-order chi connectivity index (χ1) is 25.6. The van der Waals surface area contributed by atoms with Gasteiger partial charge in [-0.15, -0.1) is 0 Å². The molecule has 0 aliphatic rings. The summed E-state index contributed by atoms with van der Waals surface area (Å²) in [5.74, 6) is -1.48. The highest BCUT2D eigenvalue weighted by atomic mass is 16.6. The molecule has 0 aliphatic heterocycles. The molecule has 0 aromatic heterocycles. The second-order valence-electron chi connectivity index (χ2n) is 15.6. The number of hydrogen-bond donors (Lipinski definition) is 1. The van der Waals surface area contributed by atoms with Crippen LogP contribution in [0.3, 0.4) is 0 Å². The topological polar surface area (TPSA) is 99.1 Å². The zero-order valence-corrected chi connectivity index (χ0v) is 35.0. The molecule has 0 aliphatic carbocycles. The Kier molecular flexibility index (Phi) is 34.8. The number of hydrogen-bond acceptors (Lipinski definition) is 6. The van der Waals surface area contributed by atoms with Crippen LogP contribution in [0.2, 0.25) is 0 Å². The largest absolute Gasteiger partial charge is 0.477 e. The van der Waals surface area contributed by atoms with Crippen LogP contribution < -0.4 is 0 Å². The molecule has 0 heterocycles. The van der Waals surface area contributed by atoms with Crippen LogP contribution in [-0.4, -0.2) is 80.6 Å². The Morgan fingerprint density at radius 3 is 1.57 bits per heavy atom. The van der Waals surface area contributed by atoms with Crippen molar-refractivity contribution in [2.75, 3.05) is 41.0 Å². The summed E-state index contributed by atoms with van der Waals surface area (Å²) in [6, 6.07) is -0.615. The van der Waals surface area contributed by atoms with Gasteiger partial charge in [0.05, 0.1) is 34.4 Å². The molecular weight excluding hydrogens is 666 g/mol. The lowest BCUT2D eigenvalue weighted by Gasteiger charge is -2.31. The minimum absolute atomic E-state index is 0.0555. The fourth-order valence-electron chi connectivity index (χ4n) is 6.18. The number of carbonyl (C=O) groups is 3. The Balaban J connectivity index is 4.36. The third kappa shape index (κ3) is 35.0. The van der Waals surface area contributed by atoms with Crippen LogP contribution in [0.4, 0.5) is 0 Å². The number of allylic oxidation sites excluding steroid dienone is 6. The van der Waals surface area contributed by atoms with Gasteiger partial charge in [-0.05, 0) is 64.2 Å². The van der Waals surface area contributed by atoms with Crippen molar-refractivity contribution >= 4 is 17.9 Å². The maximum absolute atomic E-state index is 12.7. The standard InChI is InChI=1S/C45H81NO7/c1-6-8-10-12-14-16-18-20-22-24-25-27-29-31-33-35-43(47)52-40-41(39-51-38-37-42(45(49)50)46(3,4)5)53-44(48)36-34-32-30-28-26-23-21-19-17-15-13-11-9-7-2/h9,11,15-18,41-42H,6-8,10,12-14,19-40H2,1-5H3/p+1/b11-9+,17-15+,18-16+. The number of aliphatic carboxylic acids is 1. The van der Waals surface area contributed by atoms with Crippen molar-refractivity contribution in [3.05, 3.63) is 36.5 Å². The maximum atomic E-state index is 12.7. The van der Waals surface area contributed by atoms with Gasteiger partial charge in [0.1, 0.15) is 6.61 Å². The highest BCUT2D eigenvalue weighted by Crippen LogP contribution is 2.14. The number of unbranched alkanes of at least 4 members (excludes halogenated alkanes) is 18. The molecule has 8 nitrogen and oxygen atoms in total. The Labute approximate surface area is 325 Å². The summed E-state index contributed by atoms with van der Waals surface area (Å²) in [6.07, 6.45) is 40.4. The minimum Gasteiger partial charge on any atom is -0.477 e. The van der Waals surface area contributed by atoms with Gasteiger partial charge in [-0.25, -0.2) is 4.79 Å². The van der Waals surface area contributed by atoms with Gasteiger partial charge in [0.15, 0.2) is 12.1 Å². The van der Waals surface area contributed by atoms with E-state index in [-0.39, 0.29) is 36.2 Å². The molecule has 8 heteroatoms. The molecule has 53 heavy (non-hydrogen) atoms. The Morgan fingerprint density at radius 1 is 0.585 bits per heavy atom. The van der Waals surface area contributed by atoms with Gasteiger partial charge in [-0.1, -0.05) is 134 Å². The van der Waals surface area contributed by atoms with Crippen LogP contribution in [0.15, 0.2) is 36.5 Å². The Bertz CT molecular complexity index is 968. The van der Waals surface area contributed by atoms with Gasteiger partial charge in [0, 0.05) is 19.3 Å². The third-order valence-corrected chi connectivity index (χ3v) is 9.52. The predicted molar refractivity (Wildman–Crippen MR) is 220 cm³/mol. The smallest absolute Gasteiger partial charge is 0.362 e. The van der Waals surface area contributed by atoms with Crippen LogP contribution >= 0.6 is 0 Å². The van der Waals surface area contributed by atoms with Crippen LogP contribution in [0.5, 0.6) is 0 Å². The van der Waals surface area contributed by atoms with E-state index in [1.165, 1.54) is 89.9 Å². The molecule has 0 saturated carbocycles. The van der Waals surface area contributed by atoms with E-state index < -0.39 is 18.1 Å². The van der Waals surface area contributed by atoms with Gasteiger partial charge in [0.25, 0.3) is 0 Å². The molecule has 2 unspecified atom stereocenters. The first-order valence-electron chi connectivity index (χ1n) is 21.5. The predicted octanol–water partition coefficient (Wildman–Crippen LogP) is 11.5. The number of rotatable bonds is 38. The van der Waals surface area contributed by atoms with Gasteiger partial charge in [0.2, 0.25) is 0 Å². The van der Waals surface area contributed by atoms with Crippen molar-refractivity contribution in [3.8, 4) is 0 Å². The monoisotopic (exact) mass is 749 g/mol. The second-order valence-corrected chi connectivity index (χ2v) is 15.6. The summed E-state index contributed by atoms with van der Waals surface area (Å²) in [7, 11) is 5.52. The van der Waals surface area contributed by atoms with Gasteiger partial charge in [-0.2, -0.15) is 0 Å². The average Bonchev–Trinajstić information content (AvgIpc) is 3.11. The van der Waals surface area contributed by atoms with Crippen molar-refractivity contribution in [2.45, 2.75) is 193 Å². The molecule has 0 aromatic rings. The molecule has 0 spiro atoms. The van der Waals surface area contributed by atoms with Gasteiger partial charge < -0.3 is 23.8 Å². The molecular formula is C45H82NO7+. The van der Waals surface area contributed by atoms with E-state index in [0.717, 1.165) is 57.8 Å². The summed E-state index contributed by atoms with van der Waals surface area (Å²) < 4.78 is 17.3. The lowest BCUT2D eigenvalue weighted by Crippen LogP contribution is -2.50. The molecule has 0 bridgehead atoms. The van der Waals surface area contributed by atoms with E-state index in [2.05, 4.69) is 50.3 Å². The van der Waals surface area contributed by atoms with E-state index in [4.69, 9.17) is 14.2 Å². The van der Waals surface area contributed by atoms with Crippen molar-refractivity contribution in [3.63, 3.8) is 0 Å². The number of carboxylic acids is 1. The highest BCUT2D eigenvalue weighted by molar-refractivity contribution is 5.72. The SMILES string of the molecule is CC/C=C/C/C=C/CCCCCCCCCC(=O)OC(COCCC(C(=O)O)[N+](C)(C)C)COC(=O)CCCCCCCCC/C=C/CCCCCC. The molecule has 1 N–H and O–H groups in total. The van der Waals surface area contributed by atoms with Crippen molar-refractivity contribution in [2.24, 2.45) is 0 Å². The summed E-state index contributed by atoms with van der Waals surface area (Å²) in [5, 5.41) is 9.61. The first kappa shape index (κ1) is 50.5. The van der Waals surface area contributed by atoms with Gasteiger partial charge in [-0.3, -0.25) is 9.59 Å². The van der Waals surface area contributed by atoms with Crippen LogP contribution in [0.1, 0.15) is 181 Å². The lowest BCUT2D eigenvalue weighted by atomic mass is 10.1. The van der Waals surface area contributed by atoms with Crippen molar-refractivity contribution in [1.29, 1.82) is 0 Å². The van der Waals surface area contributed by atoms with Crippen molar-refractivity contribution < 1.29 is 38.2 Å². The van der Waals surface area contributed by atoms with E-state index in [0.29, 0.717) is 19.3 Å². The lowest BCUT2D eigenvalue weighted by molar-refractivity contribution is -0.887. The quantitative estimate of drug-likeness (QED) is 0.0290. The number of likely N-dealkylation sites (N-methyl/N-ethyl adjacent to an activating group) is 1. The van der Waals surface area contributed by atoms with E-state index in [1.807, 2.05) is 21.1 Å². The maximum Gasteiger partial charge on any atom is 0.362 e. The van der Waals surface area contributed by atoms with Gasteiger partial charge >= 0.3 is 17.9 Å². The molecule has 0 amide bonds. The molecule has 0 radical (unpaired) electrons. The molecule has 0 aromatic carbocycles. The average molecular weight is 749 g/mol. The zero-order valence-electron chi connectivity index (χ0n) is 35.0. The number of nitrogens with zero attached hydrogens (tertiary/aromatic N) is 1. The number of carbonyl (C=O) groups excluding carboxylic acids is 2. The molecule has 0 saturated heterocycles. The minimum atomic E-state index is -0.877. The molecule has 0 fully saturated rings.